The Morgan fingerprint density at radius 1 is 1.05 bits per heavy atom. The number of rotatable bonds is 7. The summed E-state index contributed by atoms with van der Waals surface area (Å²) in [5.74, 6) is 0.847. The number of unbranched alkanes of at least 4 members (excludes halogenated alkanes) is 1. The lowest BCUT2D eigenvalue weighted by Gasteiger charge is -2.28. The van der Waals surface area contributed by atoms with Crippen LogP contribution in [0.1, 0.15) is 51.0 Å². The van der Waals surface area contributed by atoms with E-state index in [9.17, 15) is 0 Å². The summed E-state index contributed by atoms with van der Waals surface area (Å²) in [7, 11) is 2.09. The van der Waals surface area contributed by atoms with Crippen LogP contribution in [0.25, 0.3) is 0 Å². The first kappa shape index (κ1) is 15.4. The lowest BCUT2D eigenvalue weighted by molar-refractivity contribution is 0.312. The van der Waals surface area contributed by atoms with Crippen molar-refractivity contribution in [2.24, 2.45) is 5.92 Å². The van der Waals surface area contributed by atoms with Crippen molar-refractivity contribution in [1.29, 1.82) is 0 Å². The van der Waals surface area contributed by atoms with Gasteiger partial charge in [-0.05, 0) is 69.2 Å². The Morgan fingerprint density at radius 2 is 1.75 bits per heavy atom. The first-order valence-corrected chi connectivity index (χ1v) is 8.32. The average Bonchev–Trinajstić information content (AvgIpc) is 2.52. The SMILES string of the molecule is CCCCc1ccc(NCC2CCC(NC)CC2)cc1. The van der Waals surface area contributed by atoms with Crippen molar-refractivity contribution in [2.75, 3.05) is 18.9 Å². The van der Waals surface area contributed by atoms with Crippen molar-refractivity contribution in [3.05, 3.63) is 29.8 Å². The van der Waals surface area contributed by atoms with E-state index in [4.69, 9.17) is 0 Å². The van der Waals surface area contributed by atoms with E-state index in [0.29, 0.717) is 0 Å². The molecule has 0 aromatic heterocycles. The van der Waals surface area contributed by atoms with E-state index in [1.807, 2.05) is 0 Å². The fraction of sp³-hybridized carbons (Fsp3) is 0.667. The molecule has 2 nitrogen and oxygen atoms in total. The summed E-state index contributed by atoms with van der Waals surface area (Å²) in [5, 5.41) is 7.01. The number of benzene rings is 1. The van der Waals surface area contributed by atoms with E-state index in [1.54, 1.807) is 0 Å². The highest BCUT2D eigenvalue weighted by Gasteiger charge is 2.19. The second-order valence-corrected chi connectivity index (χ2v) is 6.19. The fourth-order valence-electron chi connectivity index (χ4n) is 3.09. The predicted octanol–water partition coefficient (Wildman–Crippen LogP) is 4.22. The zero-order chi connectivity index (χ0) is 14.2. The number of hydrogen-bond donors (Lipinski definition) is 2. The predicted molar refractivity (Wildman–Crippen MR) is 88.3 cm³/mol. The van der Waals surface area contributed by atoms with Crippen LogP contribution in [-0.2, 0) is 6.42 Å². The van der Waals surface area contributed by atoms with Gasteiger partial charge in [0.05, 0.1) is 0 Å². The van der Waals surface area contributed by atoms with E-state index in [0.717, 1.165) is 18.5 Å². The second kappa shape index (κ2) is 8.31. The van der Waals surface area contributed by atoms with Crippen LogP contribution in [-0.4, -0.2) is 19.6 Å². The normalized spacial score (nSPS) is 22.7. The van der Waals surface area contributed by atoms with Crippen molar-refractivity contribution in [3.8, 4) is 0 Å². The maximum absolute atomic E-state index is 3.61. The van der Waals surface area contributed by atoms with Gasteiger partial charge in [0.15, 0.2) is 0 Å². The first-order chi connectivity index (χ1) is 9.81. The summed E-state index contributed by atoms with van der Waals surface area (Å²) in [6.45, 7) is 3.38. The van der Waals surface area contributed by atoms with Gasteiger partial charge >= 0.3 is 0 Å². The Hall–Kier alpha value is -1.02. The van der Waals surface area contributed by atoms with Crippen LogP contribution >= 0.6 is 0 Å². The smallest absolute Gasteiger partial charge is 0.0340 e. The zero-order valence-corrected chi connectivity index (χ0v) is 13.1. The van der Waals surface area contributed by atoms with E-state index in [2.05, 4.69) is 48.9 Å². The van der Waals surface area contributed by atoms with Crippen molar-refractivity contribution < 1.29 is 0 Å². The fourth-order valence-corrected chi connectivity index (χ4v) is 3.09. The third-order valence-corrected chi connectivity index (χ3v) is 4.62. The Morgan fingerprint density at radius 3 is 2.35 bits per heavy atom. The van der Waals surface area contributed by atoms with Gasteiger partial charge in [0.25, 0.3) is 0 Å². The van der Waals surface area contributed by atoms with Crippen LogP contribution in [0.2, 0.25) is 0 Å². The zero-order valence-electron chi connectivity index (χ0n) is 13.1. The van der Waals surface area contributed by atoms with Crippen molar-refractivity contribution >= 4 is 5.69 Å². The maximum atomic E-state index is 3.61. The molecular weight excluding hydrogens is 244 g/mol. The monoisotopic (exact) mass is 274 g/mol. The van der Waals surface area contributed by atoms with Crippen LogP contribution in [0.5, 0.6) is 0 Å². The van der Waals surface area contributed by atoms with E-state index >= 15 is 0 Å². The third-order valence-electron chi connectivity index (χ3n) is 4.62. The summed E-state index contributed by atoms with van der Waals surface area (Å²) in [4.78, 5) is 0. The summed E-state index contributed by atoms with van der Waals surface area (Å²) < 4.78 is 0. The summed E-state index contributed by atoms with van der Waals surface area (Å²) >= 11 is 0. The van der Waals surface area contributed by atoms with Crippen LogP contribution < -0.4 is 10.6 Å². The molecule has 1 fully saturated rings. The van der Waals surface area contributed by atoms with Crippen LogP contribution in [0.3, 0.4) is 0 Å². The Labute approximate surface area is 124 Å². The Kier molecular flexibility index (Phi) is 6.38. The largest absolute Gasteiger partial charge is 0.385 e. The van der Waals surface area contributed by atoms with Crippen molar-refractivity contribution in [1.82, 2.24) is 5.32 Å². The molecule has 1 saturated carbocycles. The second-order valence-electron chi connectivity index (χ2n) is 6.19. The minimum atomic E-state index is 0.754. The summed E-state index contributed by atoms with van der Waals surface area (Å²) in [5.41, 5.74) is 2.74. The Balaban J connectivity index is 1.71. The topological polar surface area (TPSA) is 24.1 Å². The highest BCUT2D eigenvalue weighted by molar-refractivity contribution is 5.44. The number of anilines is 1. The molecule has 1 aromatic carbocycles. The number of nitrogens with one attached hydrogen (secondary N) is 2. The van der Waals surface area contributed by atoms with Crippen LogP contribution in [0.15, 0.2) is 24.3 Å². The molecule has 0 atom stereocenters. The van der Waals surface area contributed by atoms with Gasteiger partial charge in [0.1, 0.15) is 0 Å². The van der Waals surface area contributed by atoms with Gasteiger partial charge in [-0.25, -0.2) is 0 Å². The molecule has 1 aromatic rings. The maximum Gasteiger partial charge on any atom is 0.0340 e. The quantitative estimate of drug-likeness (QED) is 0.778. The molecule has 20 heavy (non-hydrogen) atoms. The molecule has 0 saturated heterocycles. The number of hydrogen-bond acceptors (Lipinski definition) is 2. The molecule has 2 N–H and O–H groups in total. The minimum absolute atomic E-state index is 0.754. The highest BCUT2D eigenvalue weighted by Crippen LogP contribution is 2.24. The molecule has 2 heteroatoms. The van der Waals surface area contributed by atoms with Gasteiger partial charge in [0, 0.05) is 18.3 Å². The molecule has 2 rings (SSSR count). The standard InChI is InChI=1S/C18H30N2/c1-3-4-5-15-6-12-18(13-7-15)20-14-16-8-10-17(19-2)11-9-16/h6-7,12-13,16-17,19-20H,3-5,8-11,14H2,1-2H3. The van der Waals surface area contributed by atoms with Crippen LogP contribution in [0.4, 0.5) is 5.69 Å². The molecule has 1 aliphatic carbocycles. The molecule has 1 aliphatic rings. The summed E-state index contributed by atoms with van der Waals surface area (Å²) in [6, 6.07) is 9.78. The van der Waals surface area contributed by atoms with E-state index in [1.165, 1.54) is 56.2 Å². The molecule has 0 bridgehead atoms. The summed E-state index contributed by atoms with van der Waals surface area (Å²) in [6.07, 6.45) is 9.15. The molecule has 112 valence electrons. The number of aryl methyl sites for hydroxylation is 1. The lowest BCUT2D eigenvalue weighted by atomic mass is 9.86. The van der Waals surface area contributed by atoms with Crippen molar-refractivity contribution in [2.45, 2.75) is 57.9 Å². The first-order valence-electron chi connectivity index (χ1n) is 8.32. The van der Waals surface area contributed by atoms with Gasteiger partial charge in [-0.15, -0.1) is 0 Å². The van der Waals surface area contributed by atoms with Gasteiger partial charge < -0.3 is 10.6 Å². The molecule has 0 unspecified atom stereocenters. The lowest BCUT2D eigenvalue weighted by Crippen LogP contribution is -2.32. The van der Waals surface area contributed by atoms with Gasteiger partial charge in [0.2, 0.25) is 0 Å². The van der Waals surface area contributed by atoms with Gasteiger partial charge in [-0.2, -0.15) is 0 Å². The van der Waals surface area contributed by atoms with Gasteiger partial charge in [-0.1, -0.05) is 25.5 Å². The highest BCUT2D eigenvalue weighted by atomic mass is 14.9. The molecule has 0 spiro atoms. The molecule has 0 heterocycles. The average molecular weight is 274 g/mol. The molecular formula is C18H30N2. The molecule has 0 amide bonds. The van der Waals surface area contributed by atoms with Crippen molar-refractivity contribution in [3.63, 3.8) is 0 Å². The third kappa shape index (κ3) is 4.82. The molecule has 0 aliphatic heterocycles. The van der Waals surface area contributed by atoms with E-state index < -0.39 is 0 Å². The van der Waals surface area contributed by atoms with Gasteiger partial charge in [-0.3, -0.25) is 0 Å². The minimum Gasteiger partial charge on any atom is -0.385 e. The molecule has 0 radical (unpaired) electrons. The van der Waals surface area contributed by atoms with E-state index in [-0.39, 0.29) is 0 Å². The van der Waals surface area contributed by atoms with Crippen LogP contribution in [0, 0.1) is 5.92 Å². The Bertz CT molecular complexity index is 364.